The number of fused-ring (bicyclic) bond motifs is 4. The Morgan fingerprint density at radius 3 is 1.80 bits per heavy atom. The first-order valence-electron chi connectivity index (χ1n) is 10.1. The van der Waals surface area contributed by atoms with E-state index in [0.29, 0.717) is 5.95 Å². The largest absolute Gasteiger partial charge is 0.278 e. The monoisotopic (exact) mass is 385 g/mol. The smallest absolute Gasteiger partial charge is 0.235 e. The highest BCUT2D eigenvalue weighted by atomic mass is 15.2. The lowest BCUT2D eigenvalue weighted by Crippen LogP contribution is -2.03. The van der Waals surface area contributed by atoms with Gasteiger partial charge in [-0.05, 0) is 25.1 Å². The summed E-state index contributed by atoms with van der Waals surface area (Å²) in [5.41, 5.74) is 6.46. The molecule has 0 unspecified atom stereocenters. The average molecular weight is 385 g/mol. The van der Waals surface area contributed by atoms with Crippen molar-refractivity contribution >= 4 is 32.7 Å². The maximum atomic E-state index is 5.10. The fraction of sp³-hybridized carbons (Fsp3) is 0.0370. The number of hydrogen-bond donors (Lipinski definition) is 0. The molecule has 0 amide bonds. The Morgan fingerprint density at radius 2 is 1.13 bits per heavy atom. The van der Waals surface area contributed by atoms with Crippen LogP contribution in [-0.2, 0) is 0 Å². The van der Waals surface area contributed by atoms with Crippen LogP contribution in [0.25, 0.3) is 49.9 Å². The van der Waals surface area contributed by atoms with E-state index >= 15 is 0 Å². The molecule has 30 heavy (non-hydrogen) atoms. The minimum Gasteiger partial charge on any atom is -0.278 e. The summed E-state index contributed by atoms with van der Waals surface area (Å²) >= 11 is 0. The second-order valence-electron chi connectivity index (χ2n) is 7.63. The van der Waals surface area contributed by atoms with Gasteiger partial charge in [0.15, 0.2) is 0 Å². The topological polar surface area (TPSA) is 30.7 Å². The standard InChI is InChI=1S/C27H19N3/c1-18-14-16-19(17-15-18)26-22-10-2-5-11-23(22)28-27(29-26)30-24-12-6-3-8-20(24)21-9-4-7-13-25(21)30/h2-17H,1H3. The number of para-hydroxylation sites is 3. The number of rotatable bonds is 2. The molecule has 0 spiro atoms. The van der Waals surface area contributed by atoms with Crippen LogP contribution >= 0.6 is 0 Å². The van der Waals surface area contributed by atoms with Gasteiger partial charge in [0.2, 0.25) is 5.95 Å². The van der Waals surface area contributed by atoms with E-state index in [1.54, 1.807) is 0 Å². The SMILES string of the molecule is Cc1ccc(-c2nc(-n3c4ccccc4c4ccccc43)nc3ccccc23)cc1. The fourth-order valence-corrected chi connectivity index (χ4v) is 4.23. The molecule has 3 nitrogen and oxygen atoms in total. The van der Waals surface area contributed by atoms with Crippen LogP contribution in [0.2, 0.25) is 0 Å². The van der Waals surface area contributed by atoms with Crippen LogP contribution < -0.4 is 0 Å². The van der Waals surface area contributed by atoms with E-state index in [1.165, 1.54) is 16.3 Å². The molecule has 0 aliphatic carbocycles. The molecule has 142 valence electrons. The first kappa shape index (κ1) is 16.9. The zero-order valence-electron chi connectivity index (χ0n) is 16.6. The zero-order valence-corrected chi connectivity index (χ0v) is 16.6. The third-order valence-electron chi connectivity index (χ3n) is 5.70. The van der Waals surface area contributed by atoms with Crippen molar-refractivity contribution in [1.29, 1.82) is 0 Å². The van der Waals surface area contributed by atoms with Crippen molar-refractivity contribution in [3.05, 3.63) is 103 Å². The van der Waals surface area contributed by atoms with Gasteiger partial charge in [-0.1, -0.05) is 84.4 Å². The third kappa shape index (κ3) is 2.52. The summed E-state index contributed by atoms with van der Waals surface area (Å²) in [7, 11) is 0. The summed E-state index contributed by atoms with van der Waals surface area (Å²) in [6.07, 6.45) is 0. The van der Waals surface area contributed by atoms with Crippen LogP contribution in [0.4, 0.5) is 0 Å². The molecular weight excluding hydrogens is 366 g/mol. The van der Waals surface area contributed by atoms with Crippen molar-refractivity contribution < 1.29 is 0 Å². The zero-order chi connectivity index (χ0) is 20.1. The number of benzene rings is 4. The number of nitrogens with zero attached hydrogens (tertiary/aromatic N) is 3. The Bertz CT molecular complexity index is 1490. The molecule has 2 heterocycles. The van der Waals surface area contributed by atoms with Crippen LogP contribution in [0.1, 0.15) is 5.56 Å². The molecule has 0 aliphatic heterocycles. The summed E-state index contributed by atoms with van der Waals surface area (Å²) in [5, 5.41) is 3.48. The van der Waals surface area contributed by atoms with Crippen molar-refractivity contribution in [2.75, 3.05) is 0 Å². The lowest BCUT2D eigenvalue weighted by molar-refractivity contribution is 1.01. The molecule has 0 fully saturated rings. The van der Waals surface area contributed by atoms with Gasteiger partial charge in [0.1, 0.15) is 0 Å². The van der Waals surface area contributed by atoms with Gasteiger partial charge in [0.25, 0.3) is 0 Å². The Hall–Kier alpha value is -3.98. The predicted molar refractivity (Wildman–Crippen MR) is 124 cm³/mol. The highest BCUT2D eigenvalue weighted by Gasteiger charge is 2.16. The molecule has 3 heteroatoms. The van der Waals surface area contributed by atoms with Crippen molar-refractivity contribution in [3.63, 3.8) is 0 Å². The normalized spacial score (nSPS) is 11.5. The Balaban J connectivity index is 1.73. The minimum absolute atomic E-state index is 0.696. The maximum absolute atomic E-state index is 5.10. The summed E-state index contributed by atoms with van der Waals surface area (Å²) in [5.74, 6) is 0.696. The second kappa shape index (κ2) is 6.53. The fourth-order valence-electron chi connectivity index (χ4n) is 4.23. The summed E-state index contributed by atoms with van der Waals surface area (Å²) in [6, 6.07) is 33.7. The lowest BCUT2D eigenvalue weighted by Gasteiger charge is -2.11. The average Bonchev–Trinajstić information content (AvgIpc) is 3.13. The predicted octanol–water partition coefficient (Wildman–Crippen LogP) is 6.70. The molecular formula is C27H19N3. The van der Waals surface area contributed by atoms with Crippen LogP contribution in [0.3, 0.4) is 0 Å². The van der Waals surface area contributed by atoms with Gasteiger partial charge in [-0.15, -0.1) is 0 Å². The molecule has 6 rings (SSSR count). The highest BCUT2D eigenvalue weighted by Crippen LogP contribution is 2.33. The first-order chi connectivity index (χ1) is 14.8. The third-order valence-corrected chi connectivity index (χ3v) is 5.70. The van der Waals surface area contributed by atoms with Gasteiger partial charge in [-0.25, -0.2) is 9.97 Å². The van der Waals surface area contributed by atoms with E-state index in [0.717, 1.165) is 33.2 Å². The molecule has 0 saturated heterocycles. The van der Waals surface area contributed by atoms with E-state index in [4.69, 9.17) is 9.97 Å². The Kier molecular flexibility index (Phi) is 3.68. The molecule has 0 bridgehead atoms. The molecule has 4 aromatic carbocycles. The Morgan fingerprint density at radius 1 is 0.567 bits per heavy atom. The maximum Gasteiger partial charge on any atom is 0.235 e. The summed E-state index contributed by atoms with van der Waals surface area (Å²) in [6.45, 7) is 2.10. The second-order valence-corrected chi connectivity index (χ2v) is 7.63. The van der Waals surface area contributed by atoms with Crippen LogP contribution in [0.15, 0.2) is 97.1 Å². The van der Waals surface area contributed by atoms with Gasteiger partial charge < -0.3 is 0 Å². The van der Waals surface area contributed by atoms with Gasteiger partial charge in [0, 0.05) is 21.7 Å². The van der Waals surface area contributed by atoms with Crippen molar-refractivity contribution in [1.82, 2.24) is 14.5 Å². The van der Waals surface area contributed by atoms with Crippen molar-refractivity contribution in [2.45, 2.75) is 6.92 Å². The summed E-state index contributed by atoms with van der Waals surface area (Å²) in [4.78, 5) is 10.1. The minimum atomic E-state index is 0.696. The molecule has 0 aliphatic rings. The van der Waals surface area contributed by atoms with Crippen molar-refractivity contribution in [3.8, 4) is 17.2 Å². The number of aryl methyl sites for hydroxylation is 1. The van der Waals surface area contributed by atoms with E-state index in [9.17, 15) is 0 Å². The van der Waals surface area contributed by atoms with E-state index in [-0.39, 0.29) is 0 Å². The Labute approximate surface area is 174 Å². The van der Waals surface area contributed by atoms with Gasteiger partial charge in [-0.2, -0.15) is 0 Å². The molecule has 2 aromatic heterocycles. The summed E-state index contributed by atoms with van der Waals surface area (Å²) < 4.78 is 2.18. The van der Waals surface area contributed by atoms with Gasteiger partial charge in [0.05, 0.1) is 22.2 Å². The lowest BCUT2D eigenvalue weighted by atomic mass is 10.1. The van der Waals surface area contributed by atoms with E-state index in [2.05, 4.69) is 96.4 Å². The van der Waals surface area contributed by atoms with Gasteiger partial charge in [-0.3, -0.25) is 4.57 Å². The molecule has 0 atom stereocenters. The number of aromatic nitrogens is 3. The van der Waals surface area contributed by atoms with E-state index in [1.807, 2.05) is 12.1 Å². The van der Waals surface area contributed by atoms with Crippen molar-refractivity contribution in [2.24, 2.45) is 0 Å². The van der Waals surface area contributed by atoms with Gasteiger partial charge >= 0.3 is 0 Å². The number of hydrogen-bond acceptors (Lipinski definition) is 2. The molecule has 0 radical (unpaired) electrons. The quantitative estimate of drug-likeness (QED) is 0.332. The first-order valence-corrected chi connectivity index (χ1v) is 10.1. The van der Waals surface area contributed by atoms with Crippen LogP contribution in [-0.4, -0.2) is 14.5 Å². The highest BCUT2D eigenvalue weighted by molar-refractivity contribution is 6.09. The molecule has 0 N–H and O–H groups in total. The van der Waals surface area contributed by atoms with E-state index < -0.39 is 0 Å². The van der Waals surface area contributed by atoms with Crippen LogP contribution in [0, 0.1) is 6.92 Å². The van der Waals surface area contributed by atoms with Crippen LogP contribution in [0.5, 0.6) is 0 Å². The molecule has 6 aromatic rings. The molecule has 0 saturated carbocycles.